The smallest absolute Gasteiger partial charge is 0.251 e. The molecule has 1 amide bonds. The summed E-state index contributed by atoms with van der Waals surface area (Å²) in [5.41, 5.74) is 1.54. The van der Waals surface area contributed by atoms with E-state index in [1.54, 1.807) is 13.1 Å². The summed E-state index contributed by atoms with van der Waals surface area (Å²) in [4.78, 5) is 20.6. The van der Waals surface area contributed by atoms with Crippen molar-refractivity contribution in [2.24, 2.45) is 0 Å². The molecule has 7 nitrogen and oxygen atoms in total. The maximum absolute atomic E-state index is 12.2. The van der Waals surface area contributed by atoms with Crippen LogP contribution in [0.3, 0.4) is 0 Å². The van der Waals surface area contributed by atoms with Crippen molar-refractivity contribution in [2.75, 3.05) is 18.9 Å². The molecule has 7 heteroatoms. The van der Waals surface area contributed by atoms with Gasteiger partial charge in [0, 0.05) is 31.3 Å². The molecule has 0 aromatic carbocycles. The topological polar surface area (TPSA) is 95.6 Å². The highest BCUT2D eigenvalue weighted by Gasteiger charge is 2.09. The Hall–Kier alpha value is -2.44. The second-order valence-corrected chi connectivity index (χ2v) is 4.67. The van der Waals surface area contributed by atoms with Gasteiger partial charge in [-0.2, -0.15) is 5.10 Å². The summed E-state index contributed by atoms with van der Waals surface area (Å²) < 4.78 is 0. The summed E-state index contributed by atoms with van der Waals surface area (Å²) >= 11 is 0. The van der Waals surface area contributed by atoms with Gasteiger partial charge in [0.15, 0.2) is 0 Å². The zero-order valence-corrected chi connectivity index (χ0v) is 12.3. The standard InChI is InChI=1S/C14H20N6O/c1-3-4-11-7-10(8-13(15-2)19-11)14(21)16-6-5-12-17-9-18-20-12/h7-9H,3-6H2,1-2H3,(H,15,19)(H,16,21)(H,17,18,20). The van der Waals surface area contributed by atoms with Crippen LogP contribution in [0.15, 0.2) is 18.5 Å². The molecule has 0 aliphatic carbocycles. The number of carbonyl (C=O) groups excluding carboxylic acids is 1. The molecule has 2 rings (SSSR count). The van der Waals surface area contributed by atoms with E-state index < -0.39 is 0 Å². The summed E-state index contributed by atoms with van der Waals surface area (Å²) in [7, 11) is 1.80. The second kappa shape index (κ2) is 7.37. The Morgan fingerprint density at radius 2 is 2.19 bits per heavy atom. The molecule has 0 unspecified atom stereocenters. The number of aromatic nitrogens is 4. The van der Waals surface area contributed by atoms with Crippen molar-refractivity contribution in [3.05, 3.63) is 35.5 Å². The maximum Gasteiger partial charge on any atom is 0.251 e. The van der Waals surface area contributed by atoms with E-state index in [4.69, 9.17) is 0 Å². The van der Waals surface area contributed by atoms with Crippen LogP contribution in [-0.2, 0) is 12.8 Å². The van der Waals surface area contributed by atoms with Crippen molar-refractivity contribution in [2.45, 2.75) is 26.2 Å². The number of hydrogen-bond donors (Lipinski definition) is 3. The van der Waals surface area contributed by atoms with E-state index in [-0.39, 0.29) is 5.91 Å². The Balaban J connectivity index is 1.98. The molecule has 0 saturated heterocycles. The van der Waals surface area contributed by atoms with Crippen LogP contribution in [0.5, 0.6) is 0 Å². The molecule has 0 spiro atoms. The lowest BCUT2D eigenvalue weighted by Gasteiger charge is -2.08. The summed E-state index contributed by atoms with van der Waals surface area (Å²) in [6.45, 7) is 2.60. The molecule has 0 fully saturated rings. The average molecular weight is 288 g/mol. The molecule has 0 aliphatic rings. The predicted octanol–water partition coefficient (Wildman–Crippen LogP) is 1.17. The highest BCUT2D eigenvalue weighted by Crippen LogP contribution is 2.11. The maximum atomic E-state index is 12.2. The molecule has 0 saturated carbocycles. The van der Waals surface area contributed by atoms with Crippen molar-refractivity contribution in [3.8, 4) is 0 Å². The third-order valence-corrected chi connectivity index (χ3v) is 3.02. The quantitative estimate of drug-likeness (QED) is 0.710. The fourth-order valence-corrected chi connectivity index (χ4v) is 1.98. The van der Waals surface area contributed by atoms with Crippen molar-refractivity contribution in [1.82, 2.24) is 25.5 Å². The molecule has 112 valence electrons. The minimum absolute atomic E-state index is 0.106. The number of anilines is 1. The normalized spacial score (nSPS) is 10.4. The minimum atomic E-state index is -0.106. The first-order valence-electron chi connectivity index (χ1n) is 7.04. The SMILES string of the molecule is CCCc1cc(C(=O)NCCc2ncn[nH]2)cc(NC)n1. The lowest BCUT2D eigenvalue weighted by molar-refractivity contribution is 0.0954. The van der Waals surface area contributed by atoms with Crippen LogP contribution >= 0.6 is 0 Å². The van der Waals surface area contributed by atoms with Crippen LogP contribution in [0.1, 0.15) is 35.2 Å². The molecular weight excluding hydrogens is 268 g/mol. The van der Waals surface area contributed by atoms with Crippen LogP contribution in [0, 0.1) is 0 Å². The lowest BCUT2D eigenvalue weighted by atomic mass is 10.1. The molecule has 2 heterocycles. The Morgan fingerprint density at radius 3 is 2.86 bits per heavy atom. The number of carbonyl (C=O) groups is 1. The van der Waals surface area contributed by atoms with Gasteiger partial charge in [-0.25, -0.2) is 9.97 Å². The molecule has 21 heavy (non-hydrogen) atoms. The molecule has 2 aromatic rings. The van der Waals surface area contributed by atoms with E-state index in [0.717, 1.165) is 24.4 Å². The molecule has 0 atom stereocenters. The van der Waals surface area contributed by atoms with E-state index in [1.807, 2.05) is 6.07 Å². The summed E-state index contributed by atoms with van der Waals surface area (Å²) in [5, 5.41) is 12.4. The molecule has 3 N–H and O–H groups in total. The summed E-state index contributed by atoms with van der Waals surface area (Å²) in [5.74, 6) is 1.36. The van der Waals surface area contributed by atoms with Crippen molar-refractivity contribution in [1.29, 1.82) is 0 Å². The van der Waals surface area contributed by atoms with Gasteiger partial charge >= 0.3 is 0 Å². The van der Waals surface area contributed by atoms with Crippen LogP contribution < -0.4 is 10.6 Å². The number of nitrogens with one attached hydrogen (secondary N) is 3. The fourth-order valence-electron chi connectivity index (χ4n) is 1.98. The van der Waals surface area contributed by atoms with Gasteiger partial charge in [-0.3, -0.25) is 9.89 Å². The van der Waals surface area contributed by atoms with E-state index in [9.17, 15) is 4.79 Å². The number of rotatable bonds is 7. The third kappa shape index (κ3) is 4.27. The summed E-state index contributed by atoms with van der Waals surface area (Å²) in [6, 6.07) is 3.59. The predicted molar refractivity (Wildman–Crippen MR) is 80.2 cm³/mol. The molecule has 0 radical (unpaired) electrons. The monoisotopic (exact) mass is 288 g/mol. The number of nitrogens with zero attached hydrogens (tertiary/aromatic N) is 3. The Morgan fingerprint density at radius 1 is 1.33 bits per heavy atom. The van der Waals surface area contributed by atoms with E-state index >= 15 is 0 Å². The first-order valence-corrected chi connectivity index (χ1v) is 7.04. The van der Waals surface area contributed by atoms with Gasteiger partial charge < -0.3 is 10.6 Å². The zero-order valence-electron chi connectivity index (χ0n) is 12.3. The average Bonchev–Trinajstić information content (AvgIpc) is 3.00. The van der Waals surface area contributed by atoms with E-state index in [1.165, 1.54) is 6.33 Å². The molecule has 0 bridgehead atoms. The number of aryl methyl sites for hydroxylation is 1. The van der Waals surface area contributed by atoms with Gasteiger partial charge in [-0.05, 0) is 18.6 Å². The number of H-pyrrole nitrogens is 1. The molecule has 0 aliphatic heterocycles. The Bertz CT molecular complexity index is 581. The van der Waals surface area contributed by atoms with Crippen molar-refractivity contribution >= 4 is 11.7 Å². The number of aromatic amines is 1. The van der Waals surface area contributed by atoms with E-state index in [2.05, 4.69) is 37.7 Å². The molecule has 2 aromatic heterocycles. The van der Waals surface area contributed by atoms with Gasteiger partial charge in [-0.15, -0.1) is 0 Å². The zero-order chi connectivity index (χ0) is 15.1. The highest BCUT2D eigenvalue weighted by atomic mass is 16.1. The number of pyridine rings is 1. The molecular formula is C14H20N6O. The van der Waals surface area contributed by atoms with Crippen molar-refractivity contribution < 1.29 is 4.79 Å². The van der Waals surface area contributed by atoms with Gasteiger partial charge in [-0.1, -0.05) is 13.3 Å². The highest BCUT2D eigenvalue weighted by molar-refractivity contribution is 5.95. The Kier molecular flexibility index (Phi) is 5.25. The fraction of sp³-hybridized carbons (Fsp3) is 0.429. The van der Waals surface area contributed by atoms with Gasteiger partial charge in [0.2, 0.25) is 0 Å². The minimum Gasteiger partial charge on any atom is -0.373 e. The van der Waals surface area contributed by atoms with Crippen molar-refractivity contribution in [3.63, 3.8) is 0 Å². The first-order chi connectivity index (χ1) is 10.2. The van der Waals surface area contributed by atoms with Gasteiger partial charge in [0.1, 0.15) is 18.0 Å². The van der Waals surface area contributed by atoms with Crippen LogP contribution in [0.4, 0.5) is 5.82 Å². The number of amides is 1. The summed E-state index contributed by atoms with van der Waals surface area (Å²) in [6.07, 6.45) is 3.92. The van der Waals surface area contributed by atoms with Crippen LogP contribution in [0.2, 0.25) is 0 Å². The lowest BCUT2D eigenvalue weighted by Crippen LogP contribution is -2.26. The van der Waals surface area contributed by atoms with E-state index in [0.29, 0.717) is 24.3 Å². The first kappa shape index (κ1) is 15.0. The largest absolute Gasteiger partial charge is 0.373 e. The van der Waals surface area contributed by atoms with Crippen LogP contribution in [0.25, 0.3) is 0 Å². The Labute approximate surface area is 123 Å². The third-order valence-electron chi connectivity index (χ3n) is 3.02. The van der Waals surface area contributed by atoms with Crippen LogP contribution in [-0.4, -0.2) is 39.7 Å². The number of hydrogen-bond acceptors (Lipinski definition) is 5. The van der Waals surface area contributed by atoms with Gasteiger partial charge in [0.05, 0.1) is 0 Å². The second-order valence-electron chi connectivity index (χ2n) is 4.67. The van der Waals surface area contributed by atoms with Gasteiger partial charge in [0.25, 0.3) is 5.91 Å².